The van der Waals surface area contributed by atoms with Gasteiger partial charge in [-0.3, -0.25) is 28.8 Å². The van der Waals surface area contributed by atoms with Crippen LogP contribution in [0.2, 0.25) is 0 Å². The number of piperidine rings is 2. The van der Waals surface area contributed by atoms with Gasteiger partial charge in [0.25, 0.3) is 0 Å². The van der Waals surface area contributed by atoms with Gasteiger partial charge in [-0.05, 0) is 86.5 Å². The molecule has 18 heteroatoms. The molecule has 0 aromatic heterocycles. The zero-order valence-electron chi connectivity index (χ0n) is 36.0. The number of nitrogens with zero attached hydrogens (tertiary/aromatic N) is 4. The summed E-state index contributed by atoms with van der Waals surface area (Å²) >= 11 is 3.12. The minimum Gasteiger partial charge on any atom is -0.449 e. The number of amides is 5. The number of rotatable bonds is 11. The summed E-state index contributed by atoms with van der Waals surface area (Å²) in [6, 6.07) is 16.2. The van der Waals surface area contributed by atoms with Gasteiger partial charge in [0.05, 0.1) is 28.9 Å². The maximum Gasteiger partial charge on any atom is 0.407 e. The number of benzene rings is 2. The van der Waals surface area contributed by atoms with Crippen LogP contribution in [-0.4, -0.2) is 116 Å². The fourth-order valence-electron chi connectivity index (χ4n) is 10.4. The highest BCUT2D eigenvalue weighted by atomic mass is 32.2. The lowest BCUT2D eigenvalue weighted by molar-refractivity contribution is -0.143. The van der Waals surface area contributed by atoms with Crippen molar-refractivity contribution in [1.82, 2.24) is 25.8 Å². The van der Waals surface area contributed by atoms with E-state index >= 15 is 0 Å². The molecule has 65 heavy (non-hydrogen) atoms. The highest BCUT2D eigenvalue weighted by Gasteiger charge is 2.48. The van der Waals surface area contributed by atoms with E-state index < -0.39 is 48.3 Å². The third-order valence-corrected chi connectivity index (χ3v) is 16.5. The van der Waals surface area contributed by atoms with E-state index in [9.17, 15) is 44.1 Å². The summed E-state index contributed by atoms with van der Waals surface area (Å²) in [5.41, 5.74) is 10.3. The Morgan fingerprint density at radius 1 is 0.708 bits per heavy atom. The van der Waals surface area contributed by atoms with Crippen LogP contribution < -0.4 is 21.7 Å². The fraction of sp³-hybridized carbons (Fsp3) is 0.553. The summed E-state index contributed by atoms with van der Waals surface area (Å²) in [7, 11) is 0. The van der Waals surface area contributed by atoms with Crippen LogP contribution in [0, 0.1) is 34.5 Å². The molecule has 4 heterocycles. The normalized spacial score (nSPS) is 28.7. The topological polar surface area (TPSA) is 245 Å². The van der Waals surface area contributed by atoms with E-state index in [2.05, 4.69) is 40.2 Å². The van der Waals surface area contributed by atoms with Crippen LogP contribution in [0.25, 0.3) is 11.1 Å². The van der Waals surface area contributed by atoms with Crippen LogP contribution in [0.15, 0.2) is 48.5 Å². The number of hydrogen-bond acceptors (Lipinski definition) is 13. The van der Waals surface area contributed by atoms with Gasteiger partial charge in [-0.25, -0.2) is 4.79 Å². The highest BCUT2D eigenvalue weighted by molar-refractivity contribution is 8.00. The molecule has 2 aromatic carbocycles. The summed E-state index contributed by atoms with van der Waals surface area (Å²) in [5, 5.41) is 27.0. The van der Waals surface area contributed by atoms with Gasteiger partial charge in [0, 0.05) is 42.1 Å². The molecular weight excluding hydrogens is 869 g/mol. The number of nitriles is 2. The number of carbonyl (C=O) groups excluding carboxylic acids is 7. The number of nitrogens with one attached hydrogen (secondary N) is 3. The smallest absolute Gasteiger partial charge is 0.407 e. The molecule has 6 fully saturated rings. The van der Waals surface area contributed by atoms with Crippen LogP contribution >= 0.6 is 23.5 Å². The fourth-order valence-corrected chi connectivity index (χ4v) is 13.3. The number of nitrogens with two attached hydrogens (primary N) is 1. The van der Waals surface area contributed by atoms with Gasteiger partial charge in [0.1, 0.15) is 48.4 Å². The molecule has 5 N–H and O–H groups in total. The Labute approximate surface area is 386 Å². The lowest BCUT2D eigenvalue weighted by atomic mass is 9.97. The highest BCUT2D eigenvalue weighted by Crippen LogP contribution is 2.45. The maximum absolute atomic E-state index is 13.5. The van der Waals surface area contributed by atoms with Gasteiger partial charge < -0.3 is 36.2 Å². The van der Waals surface area contributed by atoms with Crippen molar-refractivity contribution in [1.29, 1.82) is 10.5 Å². The predicted molar refractivity (Wildman–Crippen MR) is 241 cm³/mol. The van der Waals surface area contributed by atoms with Crippen molar-refractivity contribution in [3.05, 3.63) is 59.7 Å². The zero-order chi connectivity index (χ0) is 45.8. The molecule has 7 aliphatic rings. The van der Waals surface area contributed by atoms with E-state index in [1.165, 1.54) is 11.8 Å². The molecule has 4 saturated heterocycles. The molecule has 0 bridgehead atoms. The molecular formula is C47H54N8O8S2. The minimum absolute atomic E-state index is 0.00463. The van der Waals surface area contributed by atoms with Crippen LogP contribution in [0.3, 0.4) is 0 Å². The van der Waals surface area contributed by atoms with Crippen molar-refractivity contribution < 1.29 is 38.3 Å². The second-order valence-electron chi connectivity index (χ2n) is 17.8. The molecule has 2 aromatic rings. The van der Waals surface area contributed by atoms with Crippen LogP contribution in [0.4, 0.5) is 4.79 Å². The second-order valence-corrected chi connectivity index (χ2v) is 20.3. The number of Topliss-reactive ketones (excluding diaryl/α,β-unsaturated/α-hetero) is 2. The molecule has 342 valence electrons. The number of thioether (sulfide) groups is 2. The summed E-state index contributed by atoms with van der Waals surface area (Å²) in [5.74, 6) is -0.376. The maximum atomic E-state index is 13.5. The Balaban J connectivity index is 0.000000204. The summed E-state index contributed by atoms with van der Waals surface area (Å²) < 4.78 is 5.65. The quantitative estimate of drug-likeness (QED) is 0.251. The van der Waals surface area contributed by atoms with E-state index in [-0.39, 0.29) is 64.4 Å². The predicted octanol–water partition coefficient (Wildman–Crippen LogP) is 3.87. The van der Waals surface area contributed by atoms with Crippen molar-refractivity contribution in [3.63, 3.8) is 0 Å². The number of alkyl carbamates (subject to hydrolysis) is 1. The molecule has 2 saturated carbocycles. The number of hydrogen-bond donors (Lipinski definition) is 4. The van der Waals surface area contributed by atoms with E-state index in [0.717, 1.165) is 54.4 Å². The van der Waals surface area contributed by atoms with Crippen LogP contribution in [0.5, 0.6) is 0 Å². The van der Waals surface area contributed by atoms with Crippen LogP contribution in [0.1, 0.15) is 94.1 Å². The zero-order valence-corrected chi connectivity index (χ0v) is 37.7. The molecule has 16 nitrogen and oxygen atoms in total. The first-order chi connectivity index (χ1) is 31.4. The summed E-state index contributed by atoms with van der Waals surface area (Å²) in [6.07, 6.45) is 6.80. The summed E-state index contributed by atoms with van der Waals surface area (Å²) in [4.78, 5) is 91.3. The van der Waals surface area contributed by atoms with Gasteiger partial charge in [-0.15, -0.1) is 23.5 Å². The Morgan fingerprint density at radius 2 is 1.20 bits per heavy atom. The second kappa shape index (κ2) is 20.4. The Morgan fingerprint density at radius 3 is 1.69 bits per heavy atom. The lowest BCUT2D eigenvalue weighted by Gasteiger charge is -2.37. The van der Waals surface area contributed by atoms with Crippen molar-refractivity contribution in [2.45, 2.75) is 130 Å². The molecule has 0 spiro atoms. The Kier molecular flexibility index (Phi) is 14.5. The van der Waals surface area contributed by atoms with Gasteiger partial charge in [0.2, 0.25) is 23.6 Å². The number of carbonyl (C=O) groups is 7. The molecule has 0 unspecified atom stereocenters. The first-order valence-corrected chi connectivity index (χ1v) is 24.8. The van der Waals surface area contributed by atoms with E-state index in [0.29, 0.717) is 56.5 Å². The standard InChI is InChI=1S/C31H32N4O5S.C16H22N4O3S/c32-15-19(14-18-6-5-11-27(18)36)33-29(37)26-17-41-28-13-12-25(30(38)35(26)28)34-31(39)40-16-24-22-9-3-1-7-20(22)21-8-2-4-10-23(21)24;17-7-10(6-9-2-1-3-13(9)21)19-15(22)12-8-24-14-5-4-11(18)16(23)20(12)14/h1-4,7-10,18-19,24-26,28H,5-6,11-14,16-17H2,(H,33,37)(H,34,39);9-12,14H,1-6,8,18H2,(H,19,22)/t18-,19-,25-,26-,28-;9-,10-,11-,12-,14-/m00/s1. The van der Waals surface area contributed by atoms with Crippen molar-refractivity contribution in [2.75, 3.05) is 18.1 Å². The molecule has 10 atom stereocenters. The van der Waals surface area contributed by atoms with Gasteiger partial charge in [-0.2, -0.15) is 10.5 Å². The average Bonchev–Trinajstić information content (AvgIpc) is 4.16. The van der Waals surface area contributed by atoms with Gasteiger partial charge in [0.15, 0.2) is 0 Å². The minimum atomic E-state index is -0.793. The molecule has 3 aliphatic carbocycles. The average molecular weight is 923 g/mol. The molecule has 4 aliphatic heterocycles. The first kappa shape index (κ1) is 46.1. The van der Waals surface area contributed by atoms with E-state index in [1.807, 2.05) is 36.4 Å². The van der Waals surface area contributed by atoms with Gasteiger partial charge >= 0.3 is 6.09 Å². The Hall–Kier alpha value is -5.43. The molecule has 0 radical (unpaired) electrons. The van der Waals surface area contributed by atoms with Crippen molar-refractivity contribution >= 4 is 64.8 Å². The lowest BCUT2D eigenvalue weighted by Crippen LogP contribution is -2.59. The van der Waals surface area contributed by atoms with Crippen molar-refractivity contribution in [3.8, 4) is 23.3 Å². The van der Waals surface area contributed by atoms with Crippen molar-refractivity contribution in [2.24, 2.45) is 17.6 Å². The molecule has 5 amide bonds. The SMILES string of the molecule is N#C[C@H](C[C@@H]1CCCC1=O)NC(=O)[C@@H]1CS[C@H]2CC[C@H](N)C(=O)N21.N#C[C@H](C[C@@H]1CCCC1=O)NC(=O)[C@@H]1CS[C@H]2CC[C@H](NC(=O)OCC3c4ccccc4-c4ccccc43)C(=O)N21. The monoisotopic (exact) mass is 922 g/mol. The van der Waals surface area contributed by atoms with Crippen LogP contribution in [-0.2, 0) is 33.5 Å². The van der Waals surface area contributed by atoms with E-state index in [1.54, 1.807) is 21.6 Å². The summed E-state index contributed by atoms with van der Waals surface area (Å²) in [6.45, 7) is 0.146. The van der Waals surface area contributed by atoms with Gasteiger partial charge in [-0.1, -0.05) is 48.5 Å². The number of fused-ring (bicyclic) bond motifs is 5. The third kappa shape index (κ3) is 9.90. The Bertz CT molecular complexity index is 2250. The number of ketones is 2. The molecule has 9 rings (SSSR count). The third-order valence-electron chi connectivity index (χ3n) is 13.8. The first-order valence-electron chi connectivity index (χ1n) is 22.7. The number of ether oxygens (including phenoxy) is 1. The largest absolute Gasteiger partial charge is 0.449 e. The van der Waals surface area contributed by atoms with E-state index in [4.69, 9.17) is 10.5 Å².